The second-order valence-corrected chi connectivity index (χ2v) is 6.91. The summed E-state index contributed by atoms with van der Waals surface area (Å²) in [6, 6.07) is 20.1. The van der Waals surface area contributed by atoms with Gasteiger partial charge in [-0.25, -0.2) is 0 Å². The zero-order valence-corrected chi connectivity index (χ0v) is 16.9. The Labute approximate surface area is 176 Å². The van der Waals surface area contributed by atoms with Crippen LogP contribution >= 0.6 is 0 Å². The fourth-order valence-electron chi connectivity index (χ4n) is 2.88. The zero-order chi connectivity index (χ0) is 21.2. The number of aliphatic carboxylic acids is 1. The number of carbonyl (C=O) groups is 1. The van der Waals surface area contributed by atoms with E-state index in [2.05, 4.69) is 27.6 Å². The average Bonchev–Trinajstić information content (AvgIpc) is 2.78. The first-order valence-corrected chi connectivity index (χ1v) is 9.79. The SMILES string of the molecule is CC(=NOCc1ccc(-c2cccnc2)cc1)c1ccc(CNCCC(=O)O)cc1. The van der Waals surface area contributed by atoms with Gasteiger partial charge in [0.2, 0.25) is 0 Å². The number of rotatable bonds is 10. The van der Waals surface area contributed by atoms with Crippen molar-refractivity contribution < 1.29 is 14.7 Å². The van der Waals surface area contributed by atoms with Gasteiger partial charge < -0.3 is 15.3 Å². The van der Waals surface area contributed by atoms with Crippen LogP contribution in [0.15, 0.2) is 78.2 Å². The van der Waals surface area contributed by atoms with Gasteiger partial charge in [0.1, 0.15) is 6.61 Å². The second-order valence-electron chi connectivity index (χ2n) is 6.91. The van der Waals surface area contributed by atoms with Crippen molar-refractivity contribution in [1.29, 1.82) is 0 Å². The molecule has 6 nitrogen and oxygen atoms in total. The molecule has 154 valence electrons. The lowest BCUT2D eigenvalue weighted by Crippen LogP contribution is -2.17. The van der Waals surface area contributed by atoms with E-state index in [1.165, 1.54) is 0 Å². The van der Waals surface area contributed by atoms with Gasteiger partial charge in [-0.1, -0.05) is 59.8 Å². The Morgan fingerprint density at radius 3 is 2.43 bits per heavy atom. The number of carboxylic acid groups (broad SMARTS) is 1. The van der Waals surface area contributed by atoms with Gasteiger partial charge in [0, 0.05) is 25.5 Å². The van der Waals surface area contributed by atoms with Crippen LogP contribution in [-0.4, -0.2) is 28.3 Å². The summed E-state index contributed by atoms with van der Waals surface area (Å²) in [6.07, 6.45) is 3.73. The van der Waals surface area contributed by atoms with Crippen LogP contribution in [-0.2, 0) is 22.8 Å². The Bertz CT molecular complexity index is 969. The number of oxime groups is 1. The van der Waals surface area contributed by atoms with E-state index in [0.717, 1.165) is 33.5 Å². The van der Waals surface area contributed by atoms with Crippen LogP contribution in [0.3, 0.4) is 0 Å². The molecule has 0 amide bonds. The number of pyridine rings is 1. The zero-order valence-electron chi connectivity index (χ0n) is 16.9. The van der Waals surface area contributed by atoms with E-state index in [1.807, 2.05) is 61.7 Å². The van der Waals surface area contributed by atoms with E-state index in [0.29, 0.717) is 19.7 Å². The third kappa shape index (κ3) is 6.53. The molecule has 0 radical (unpaired) electrons. The molecule has 0 fully saturated rings. The summed E-state index contributed by atoms with van der Waals surface area (Å²) in [7, 11) is 0. The predicted molar refractivity (Wildman–Crippen MR) is 117 cm³/mol. The summed E-state index contributed by atoms with van der Waals surface area (Å²) in [4.78, 5) is 20.2. The van der Waals surface area contributed by atoms with E-state index in [9.17, 15) is 4.79 Å². The van der Waals surface area contributed by atoms with Crippen molar-refractivity contribution in [3.63, 3.8) is 0 Å². The highest BCUT2D eigenvalue weighted by Crippen LogP contribution is 2.18. The van der Waals surface area contributed by atoms with Crippen LogP contribution in [0, 0.1) is 0 Å². The van der Waals surface area contributed by atoms with Gasteiger partial charge in [-0.15, -0.1) is 0 Å². The maximum absolute atomic E-state index is 10.5. The molecule has 0 saturated carbocycles. The molecule has 0 unspecified atom stereocenters. The van der Waals surface area contributed by atoms with Crippen molar-refractivity contribution in [2.24, 2.45) is 5.16 Å². The minimum atomic E-state index is -0.797. The standard InChI is InChI=1S/C24H25N3O3/c1-18(21-8-4-19(5-9-21)15-26-14-12-24(28)29)27-30-17-20-6-10-22(11-7-20)23-3-2-13-25-16-23/h2-11,13,16,26H,12,14-15,17H2,1H3,(H,28,29). The molecule has 1 aromatic heterocycles. The predicted octanol–water partition coefficient (Wildman–Crippen LogP) is 4.25. The average molecular weight is 403 g/mol. The molecule has 1 heterocycles. The molecule has 0 atom stereocenters. The Morgan fingerprint density at radius 2 is 1.77 bits per heavy atom. The number of nitrogens with zero attached hydrogens (tertiary/aromatic N) is 2. The molecule has 30 heavy (non-hydrogen) atoms. The normalized spacial score (nSPS) is 11.3. The van der Waals surface area contributed by atoms with Crippen LogP contribution in [0.1, 0.15) is 30.0 Å². The van der Waals surface area contributed by atoms with E-state index in [1.54, 1.807) is 6.20 Å². The number of carboxylic acids is 1. The number of benzene rings is 2. The fraction of sp³-hybridized carbons (Fsp3) is 0.208. The summed E-state index contributed by atoms with van der Waals surface area (Å²) < 4.78 is 0. The van der Waals surface area contributed by atoms with E-state index >= 15 is 0 Å². The Balaban J connectivity index is 1.48. The van der Waals surface area contributed by atoms with Crippen molar-refractivity contribution in [3.8, 4) is 11.1 Å². The first-order chi connectivity index (χ1) is 14.6. The van der Waals surface area contributed by atoms with Crippen molar-refractivity contribution in [2.45, 2.75) is 26.5 Å². The van der Waals surface area contributed by atoms with Gasteiger partial charge in [-0.3, -0.25) is 9.78 Å². The monoisotopic (exact) mass is 403 g/mol. The highest BCUT2D eigenvalue weighted by atomic mass is 16.6. The number of aromatic nitrogens is 1. The molecular formula is C24H25N3O3. The molecule has 0 aliphatic heterocycles. The minimum absolute atomic E-state index is 0.118. The molecule has 0 spiro atoms. The molecular weight excluding hydrogens is 378 g/mol. The van der Waals surface area contributed by atoms with Crippen molar-refractivity contribution in [3.05, 3.63) is 89.7 Å². The van der Waals surface area contributed by atoms with Gasteiger partial charge in [0.25, 0.3) is 0 Å². The van der Waals surface area contributed by atoms with E-state index in [-0.39, 0.29) is 6.42 Å². The number of hydrogen-bond donors (Lipinski definition) is 2. The van der Waals surface area contributed by atoms with Gasteiger partial charge >= 0.3 is 5.97 Å². The first-order valence-electron chi connectivity index (χ1n) is 9.79. The molecule has 3 rings (SSSR count). The molecule has 2 aromatic carbocycles. The maximum Gasteiger partial charge on any atom is 0.304 e. The van der Waals surface area contributed by atoms with Crippen LogP contribution in [0.4, 0.5) is 0 Å². The van der Waals surface area contributed by atoms with E-state index < -0.39 is 5.97 Å². The second kappa shape index (κ2) is 10.9. The summed E-state index contributed by atoms with van der Waals surface area (Å²) in [6.45, 7) is 3.39. The molecule has 3 aromatic rings. The lowest BCUT2D eigenvalue weighted by Gasteiger charge is -2.06. The lowest BCUT2D eigenvalue weighted by atomic mass is 10.1. The summed E-state index contributed by atoms with van der Waals surface area (Å²) in [5.74, 6) is -0.797. The summed E-state index contributed by atoms with van der Waals surface area (Å²) in [5.41, 5.74) is 6.11. The van der Waals surface area contributed by atoms with Crippen LogP contribution in [0.5, 0.6) is 0 Å². The number of hydrogen-bond acceptors (Lipinski definition) is 5. The van der Waals surface area contributed by atoms with Gasteiger partial charge in [-0.05, 0) is 40.8 Å². The Hall–Kier alpha value is -3.51. The summed E-state index contributed by atoms with van der Waals surface area (Å²) in [5, 5.41) is 16.0. The number of nitrogens with one attached hydrogen (secondary N) is 1. The highest BCUT2D eigenvalue weighted by molar-refractivity contribution is 5.98. The van der Waals surface area contributed by atoms with Gasteiger partial charge in [0.15, 0.2) is 0 Å². The van der Waals surface area contributed by atoms with E-state index in [4.69, 9.17) is 9.94 Å². The summed E-state index contributed by atoms with van der Waals surface area (Å²) >= 11 is 0. The molecule has 6 heteroatoms. The molecule has 2 N–H and O–H groups in total. The minimum Gasteiger partial charge on any atom is -0.481 e. The highest BCUT2D eigenvalue weighted by Gasteiger charge is 2.02. The molecule has 0 aliphatic rings. The molecule has 0 aliphatic carbocycles. The molecule has 0 bridgehead atoms. The Kier molecular flexibility index (Phi) is 7.69. The van der Waals surface area contributed by atoms with Gasteiger partial charge in [0.05, 0.1) is 12.1 Å². The maximum atomic E-state index is 10.5. The topological polar surface area (TPSA) is 83.8 Å². The van der Waals surface area contributed by atoms with Gasteiger partial charge in [-0.2, -0.15) is 0 Å². The smallest absolute Gasteiger partial charge is 0.304 e. The van der Waals surface area contributed by atoms with Crippen LogP contribution < -0.4 is 5.32 Å². The third-order valence-corrected chi connectivity index (χ3v) is 4.60. The largest absolute Gasteiger partial charge is 0.481 e. The van der Waals surface area contributed by atoms with Crippen molar-refractivity contribution >= 4 is 11.7 Å². The Morgan fingerprint density at radius 1 is 1.03 bits per heavy atom. The molecule has 0 saturated heterocycles. The van der Waals surface area contributed by atoms with Crippen LogP contribution in [0.25, 0.3) is 11.1 Å². The van der Waals surface area contributed by atoms with Crippen LogP contribution in [0.2, 0.25) is 0 Å². The first kappa shape index (κ1) is 21.2. The van der Waals surface area contributed by atoms with Crippen molar-refractivity contribution in [1.82, 2.24) is 10.3 Å². The quantitative estimate of drug-likeness (QED) is 0.300. The van der Waals surface area contributed by atoms with Crippen molar-refractivity contribution in [2.75, 3.05) is 6.54 Å². The third-order valence-electron chi connectivity index (χ3n) is 4.60. The fourth-order valence-corrected chi connectivity index (χ4v) is 2.88. The lowest BCUT2D eigenvalue weighted by molar-refractivity contribution is -0.136.